The molecule has 1 aromatic rings. The molecule has 0 spiro atoms. The Bertz CT molecular complexity index is 491. The summed E-state index contributed by atoms with van der Waals surface area (Å²) >= 11 is 0. The lowest BCUT2D eigenvalue weighted by Crippen LogP contribution is -2.36. The maximum absolute atomic E-state index is 12.5. The van der Waals surface area contributed by atoms with Crippen LogP contribution in [0.3, 0.4) is 0 Å². The fourth-order valence-corrected chi connectivity index (χ4v) is 3.77. The molecule has 0 radical (unpaired) electrons. The van der Waals surface area contributed by atoms with Crippen LogP contribution in [0.4, 0.5) is 0 Å². The first-order chi connectivity index (χ1) is 8.34. The number of nitrogens with one attached hydrogen (secondary N) is 1. The van der Waals surface area contributed by atoms with Crippen LogP contribution in [0.1, 0.15) is 26.5 Å². The molecule has 0 saturated carbocycles. The molecule has 0 unspecified atom stereocenters. The Morgan fingerprint density at radius 2 is 2.06 bits per heavy atom. The molecule has 1 rings (SSSR count). The van der Waals surface area contributed by atoms with Crippen LogP contribution in [0.15, 0.2) is 17.2 Å². The molecule has 1 N–H and O–H groups in total. The van der Waals surface area contributed by atoms with E-state index in [1.54, 1.807) is 12.3 Å². The number of hydrogen-bond donors (Lipinski definition) is 1. The van der Waals surface area contributed by atoms with E-state index < -0.39 is 10.0 Å². The maximum atomic E-state index is 12.5. The fourth-order valence-electron chi connectivity index (χ4n) is 2.02. The Morgan fingerprint density at radius 3 is 2.50 bits per heavy atom. The van der Waals surface area contributed by atoms with Crippen LogP contribution in [-0.4, -0.2) is 36.9 Å². The molecule has 5 nitrogen and oxygen atoms in total. The van der Waals surface area contributed by atoms with Crippen molar-refractivity contribution in [3.8, 4) is 0 Å². The molecule has 0 bridgehead atoms. The van der Waals surface area contributed by atoms with Gasteiger partial charge in [0.05, 0.1) is 0 Å². The van der Waals surface area contributed by atoms with Crippen molar-refractivity contribution in [1.29, 1.82) is 0 Å². The third-order valence-corrected chi connectivity index (χ3v) is 5.05. The SMILES string of the molecule is CCN(C(C)C)S(=O)(=O)c1cc(CNC)n(C)c1. The normalized spacial score (nSPS) is 12.6. The summed E-state index contributed by atoms with van der Waals surface area (Å²) in [6, 6.07) is 1.70. The molecule has 0 saturated heterocycles. The van der Waals surface area contributed by atoms with Crippen molar-refractivity contribution in [2.45, 2.75) is 38.3 Å². The van der Waals surface area contributed by atoms with Crippen molar-refractivity contribution >= 4 is 10.0 Å². The Morgan fingerprint density at radius 1 is 1.44 bits per heavy atom. The minimum atomic E-state index is -3.39. The second-order valence-corrected chi connectivity index (χ2v) is 6.50. The summed E-state index contributed by atoms with van der Waals surface area (Å²) in [5, 5.41) is 3.03. The number of hydrogen-bond acceptors (Lipinski definition) is 3. The summed E-state index contributed by atoms with van der Waals surface area (Å²) in [7, 11) is 0.314. The molecule has 0 amide bonds. The van der Waals surface area contributed by atoms with E-state index in [0.717, 1.165) is 5.69 Å². The molecule has 104 valence electrons. The lowest BCUT2D eigenvalue weighted by molar-refractivity contribution is 0.369. The zero-order valence-electron chi connectivity index (χ0n) is 11.8. The first-order valence-corrected chi connectivity index (χ1v) is 7.60. The molecular weight excluding hydrogens is 250 g/mol. The maximum Gasteiger partial charge on any atom is 0.244 e. The van der Waals surface area contributed by atoms with E-state index in [0.29, 0.717) is 18.0 Å². The molecule has 1 aromatic heterocycles. The van der Waals surface area contributed by atoms with Crippen molar-refractivity contribution < 1.29 is 8.42 Å². The van der Waals surface area contributed by atoms with E-state index in [9.17, 15) is 8.42 Å². The molecule has 0 aromatic carbocycles. The lowest BCUT2D eigenvalue weighted by atomic mass is 10.4. The van der Waals surface area contributed by atoms with E-state index in [4.69, 9.17) is 0 Å². The zero-order chi connectivity index (χ0) is 13.9. The number of aryl methyl sites for hydroxylation is 1. The first-order valence-electron chi connectivity index (χ1n) is 6.16. The van der Waals surface area contributed by atoms with Gasteiger partial charge in [-0.15, -0.1) is 0 Å². The highest BCUT2D eigenvalue weighted by molar-refractivity contribution is 7.89. The van der Waals surface area contributed by atoms with Gasteiger partial charge in [0.25, 0.3) is 0 Å². The van der Waals surface area contributed by atoms with E-state index in [-0.39, 0.29) is 6.04 Å². The van der Waals surface area contributed by atoms with Crippen LogP contribution in [-0.2, 0) is 23.6 Å². The highest BCUT2D eigenvalue weighted by Crippen LogP contribution is 2.20. The molecular formula is C12H23N3O2S. The lowest BCUT2D eigenvalue weighted by Gasteiger charge is -2.23. The average Bonchev–Trinajstić information content (AvgIpc) is 2.61. The minimum Gasteiger partial charge on any atom is -0.352 e. The molecule has 18 heavy (non-hydrogen) atoms. The van der Waals surface area contributed by atoms with Gasteiger partial charge in [-0.05, 0) is 27.0 Å². The largest absolute Gasteiger partial charge is 0.352 e. The second-order valence-electron chi connectivity index (χ2n) is 4.61. The quantitative estimate of drug-likeness (QED) is 0.846. The van der Waals surface area contributed by atoms with Crippen molar-refractivity contribution in [2.75, 3.05) is 13.6 Å². The van der Waals surface area contributed by atoms with Gasteiger partial charge in [-0.1, -0.05) is 6.92 Å². The molecule has 0 aliphatic heterocycles. The smallest absolute Gasteiger partial charge is 0.244 e. The Labute approximate surface area is 110 Å². The Kier molecular flexibility index (Phi) is 4.95. The second kappa shape index (κ2) is 5.86. The third-order valence-electron chi connectivity index (χ3n) is 2.93. The monoisotopic (exact) mass is 273 g/mol. The van der Waals surface area contributed by atoms with Gasteiger partial charge in [-0.3, -0.25) is 0 Å². The van der Waals surface area contributed by atoms with Gasteiger partial charge in [-0.25, -0.2) is 8.42 Å². The Balaban J connectivity index is 3.16. The predicted molar refractivity (Wildman–Crippen MR) is 72.9 cm³/mol. The topological polar surface area (TPSA) is 54.3 Å². The highest BCUT2D eigenvalue weighted by atomic mass is 32.2. The van der Waals surface area contributed by atoms with Gasteiger partial charge in [0, 0.05) is 38.1 Å². The van der Waals surface area contributed by atoms with Crippen LogP contribution in [0.2, 0.25) is 0 Å². The van der Waals surface area contributed by atoms with Crippen LogP contribution in [0.25, 0.3) is 0 Å². The van der Waals surface area contributed by atoms with Crippen LogP contribution >= 0.6 is 0 Å². The van der Waals surface area contributed by atoms with Crippen LogP contribution in [0, 0.1) is 0 Å². The first kappa shape index (κ1) is 15.2. The summed E-state index contributed by atoms with van der Waals surface area (Å²) in [5.74, 6) is 0. The van der Waals surface area contributed by atoms with Crippen LogP contribution in [0.5, 0.6) is 0 Å². The van der Waals surface area contributed by atoms with E-state index >= 15 is 0 Å². The van der Waals surface area contributed by atoms with Crippen LogP contribution < -0.4 is 5.32 Å². The van der Waals surface area contributed by atoms with E-state index in [1.165, 1.54) is 4.31 Å². The third kappa shape index (κ3) is 2.93. The van der Waals surface area contributed by atoms with Gasteiger partial charge in [0.15, 0.2) is 0 Å². The van der Waals surface area contributed by atoms with Gasteiger partial charge < -0.3 is 9.88 Å². The molecule has 0 aliphatic carbocycles. The van der Waals surface area contributed by atoms with Crippen molar-refractivity contribution in [3.63, 3.8) is 0 Å². The van der Waals surface area contributed by atoms with Gasteiger partial charge >= 0.3 is 0 Å². The summed E-state index contributed by atoms with van der Waals surface area (Å²) in [4.78, 5) is 0.366. The summed E-state index contributed by atoms with van der Waals surface area (Å²) < 4.78 is 28.3. The summed E-state index contributed by atoms with van der Waals surface area (Å²) in [6.45, 7) is 6.77. The van der Waals surface area contributed by atoms with Gasteiger partial charge in [0.1, 0.15) is 4.90 Å². The number of rotatable bonds is 6. The summed E-state index contributed by atoms with van der Waals surface area (Å²) in [5.41, 5.74) is 0.955. The highest BCUT2D eigenvalue weighted by Gasteiger charge is 2.26. The number of aromatic nitrogens is 1. The van der Waals surface area contributed by atoms with E-state index in [1.807, 2.05) is 39.4 Å². The molecule has 0 aliphatic rings. The van der Waals surface area contributed by atoms with Crippen molar-refractivity contribution in [1.82, 2.24) is 14.2 Å². The average molecular weight is 273 g/mol. The Hall–Kier alpha value is -0.850. The molecule has 6 heteroatoms. The summed E-state index contributed by atoms with van der Waals surface area (Å²) in [6.07, 6.45) is 1.67. The minimum absolute atomic E-state index is 0.0343. The zero-order valence-corrected chi connectivity index (χ0v) is 12.6. The molecule has 1 heterocycles. The van der Waals surface area contributed by atoms with E-state index in [2.05, 4.69) is 5.32 Å². The van der Waals surface area contributed by atoms with Gasteiger partial charge in [0.2, 0.25) is 10.0 Å². The number of nitrogens with zero attached hydrogens (tertiary/aromatic N) is 2. The molecule has 0 atom stereocenters. The number of sulfonamides is 1. The standard InChI is InChI=1S/C12H23N3O2S/c1-6-15(10(2)3)18(16,17)12-7-11(8-13-4)14(5)9-12/h7,9-10,13H,6,8H2,1-5H3. The molecule has 0 fully saturated rings. The van der Waals surface area contributed by atoms with Crippen molar-refractivity contribution in [2.24, 2.45) is 7.05 Å². The van der Waals surface area contributed by atoms with Gasteiger partial charge in [-0.2, -0.15) is 4.31 Å². The fraction of sp³-hybridized carbons (Fsp3) is 0.667. The predicted octanol–water partition coefficient (Wildman–Crippen LogP) is 1.16. The van der Waals surface area contributed by atoms with Crippen molar-refractivity contribution in [3.05, 3.63) is 18.0 Å².